The first-order valence-electron chi connectivity index (χ1n) is 9.10. The Balaban J connectivity index is 1.73. The molecule has 0 amide bonds. The molecule has 0 aromatic heterocycles. The molecule has 0 N–H and O–H groups in total. The van der Waals surface area contributed by atoms with Gasteiger partial charge in [0.15, 0.2) is 11.6 Å². The van der Waals surface area contributed by atoms with Crippen LogP contribution < -0.4 is 4.74 Å². The minimum absolute atomic E-state index is 0.0201. The summed E-state index contributed by atoms with van der Waals surface area (Å²) in [4.78, 5) is 13.8. The first-order chi connectivity index (χ1) is 13.3. The highest BCUT2D eigenvalue weighted by Gasteiger charge is 2.60. The second kappa shape index (κ2) is 6.16. The van der Waals surface area contributed by atoms with E-state index in [9.17, 15) is 4.79 Å². The molecule has 0 aliphatic carbocycles. The molecule has 4 nitrogen and oxygen atoms in total. The second-order valence-corrected chi connectivity index (χ2v) is 6.95. The average molecular weight is 354 g/mol. The predicted molar refractivity (Wildman–Crippen MR) is 102 cm³/mol. The van der Waals surface area contributed by atoms with Crippen molar-refractivity contribution in [3.05, 3.63) is 102 Å². The summed E-state index contributed by atoms with van der Waals surface area (Å²) in [5, 5.41) is 8.91. The minimum atomic E-state index is -1.09. The molecule has 0 bridgehead atoms. The van der Waals surface area contributed by atoms with Crippen LogP contribution in [0.1, 0.15) is 33.5 Å². The number of ketones is 1. The molecule has 5 rings (SSSR count). The van der Waals surface area contributed by atoms with E-state index in [1.54, 1.807) is 0 Å². The van der Waals surface area contributed by atoms with Crippen LogP contribution in [0.4, 0.5) is 0 Å². The third-order valence-electron chi connectivity index (χ3n) is 5.48. The van der Waals surface area contributed by atoms with Gasteiger partial charge in [-0.2, -0.15) is 10.2 Å². The Bertz CT molecular complexity index is 1020. The van der Waals surface area contributed by atoms with Gasteiger partial charge in [0.25, 0.3) is 0 Å². The number of Topliss-reactive ketones (excluding diaryl/α,β-unsaturated/α-hetero) is 1. The van der Waals surface area contributed by atoms with Gasteiger partial charge >= 0.3 is 0 Å². The van der Waals surface area contributed by atoms with Crippen LogP contribution in [0.15, 0.2) is 95.2 Å². The number of carbonyl (C=O) groups is 1. The summed E-state index contributed by atoms with van der Waals surface area (Å²) in [7, 11) is 0. The summed E-state index contributed by atoms with van der Waals surface area (Å²) >= 11 is 0. The molecule has 3 atom stereocenters. The minimum Gasteiger partial charge on any atom is -0.482 e. The number of para-hydroxylation sites is 1. The van der Waals surface area contributed by atoms with Crippen molar-refractivity contribution >= 4 is 5.78 Å². The normalized spacial score (nSPS) is 26.0. The molecular weight excluding hydrogens is 336 g/mol. The lowest BCUT2D eigenvalue weighted by atomic mass is 9.69. The van der Waals surface area contributed by atoms with E-state index in [1.807, 2.05) is 84.9 Å². The zero-order chi connectivity index (χ0) is 18.3. The van der Waals surface area contributed by atoms with Crippen molar-refractivity contribution in [1.29, 1.82) is 0 Å². The van der Waals surface area contributed by atoms with Crippen molar-refractivity contribution in [2.75, 3.05) is 6.54 Å². The Morgan fingerprint density at radius 2 is 1.44 bits per heavy atom. The summed E-state index contributed by atoms with van der Waals surface area (Å²) in [6.07, 6.45) is -0.516. The smallest absolute Gasteiger partial charge is 0.200 e. The molecule has 0 radical (unpaired) electrons. The van der Waals surface area contributed by atoms with Crippen molar-refractivity contribution in [3.8, 4) is 5.75 Å². The zero-order valence-electron chi connectivity index (χ0n) is 14.7. The van der Waals surface area contributed by atoms with Gasteiger partial charge in [-0.15, -0.1) is 0 Å². The SMILES string of the molecule is O=C1c2ccccc2OC(c2ccccc2)[C@]12N=NC[C@@H]2c1ccccc1. The van der Waals surface area contributed by atoms with Crippen molar-refractivity contribution in [2.24, 2.45) is 10.2 Å². The van der Waals surface area contributed by atoms with E-state index in [1.165, 1.54) is 0 Å². The summed E-state index contributed by atoms with van der Waals surface area (Å²) in [5.74, 6) is 0.425. The first-order valence-corrected chi connectivity index (χ1v) is 9.10. The quantitative estimate of drug-likeness (QED) is 0.651. The van der Waals surface area contributed by atoms with E-state index in [-0.39, 0.29) is 11.7 Å². The maximum absolute atomic E-state index is 13.8. The fourth-order valence-electron chi connectivity index (χ4n) is 4.19. The van der Waals surface area contributed by atoms with Crippen molar-refractivity contribution in [2.45, 2.75) is 17.6 Å². The van der Waals surface area contributed by atoms with Crippen molar-refractivity contribution in [1.82, 2.24) is 0 Å². The lowest BCUT2D eigenvalue weighted by Gasteiger charge is -2.41. The maximum atomic E-state index is 13.8. The predicted octanol–water partition coefficient (Wildman–Crippen LogP) is 4.99. The highest BCUT2D eigenvalue weighted by Crippen LogP contribution is 2.52. The van der Waals surface area contributed by atoms with Crippen LogP contribution >= 0.6 is 0 Å². The second-order valence-electron chi connectivity index (χ2n) is 6.95. The molecule has 0 saturated heterocycles. The van der Waals surface area contributed by atoms with Crippen LogP contribution in [0, 0.1) is 0 Å². The first kappa shape index (κ1) is 15.9. The number of ether oxygens (including phenoxy) is 1. The molecule has 3 aromatic carbocycles. The van der Waals surface area contributed by atoms with Gasteiger partial charge in [0.1, 0.15) is 5.75 Å². The summed E-state index contributed by atoms with van der Waals surface area (Å²) < 4.78 is 6.40. The van der Waals surface area contributed by atoms with Gasteiger partial charge < -0.3 is 4.74 Å². The molecule has 2 aliphatic rings. The molecule has 2 aliphatic heterocycles. The van der Waals surface area contributed by atoms with E-state index in [4.69, 9.17) is 4.74 Å². The fraction of sp³-hybridized carbons (Fsp3) is 0.174. The van der Waals surface area contributed by atoms with E-state index < -0.39 is 11.6 Å². The Morgan fingerprint density at radius 1 is 0.815 bits per heavy atom. The lowest BCUT2D eigenvalue weighted by Crippen LogP contribution is -2.51. The molecule has 1 spiro atoms. The number of hydrogen-bond acceptors (Lipinski definition) is 4. The van der Waals surface area contributed by atoms with Crippen molar-refractivity contribution < 1.29 is 9.53 Å². The number of benzene rings is 3. The molecule has 132 valence electrons. The number of azo groups is 1. The Morgan fingerprint density at radius 3 is 2.19 bits per heavy atom. The molecule has 3 aromatic rings. The van der Waals surface area contributed by atoms with Crippen molar-refractivity contribution in [3.63, 3.8) is 0 Å². The largest absolute Gasteiger partial charge is 0.482 e. The monoisotopic (exact) mass is 354 g/mol. The molecular formula is C23H18N2O2. The van der Waals surface area contributed by atoms with E-state index in [2.05, 4.69) is 10.2 Å². The fourth-order valence-corrected chi connectivity index (χ4v) is 4.19. The lowest BCUT2D eigenvalue weighted by molar-refractivity contribution is 0.0521. The third kappa shape index (κ3) is 2.33. The van der Waals surface area contributed by atoms with Crippen LogP contribution in [0.25, 0.3) is 0 Å². The van der Waals surface area contributed by atoms with Gasteiger partial charge in [-0.1, -0.05) is 72.8 Å². The highest BCUT2D eigenvalue weighted by atomic mass is 16.5. The Labute approximate surface area is 157 Å². The average Bonchev–Trinajstić information content (AvgIpc) is 3.18. The number of carbonyl (C=O) groups excluding carboxylic acids is 1. The van der Waals surface area contributed by atoms with Gasteiger partial charge in [-0.25, -0.2) is 0 Å². The van der Waals surface area contributed by atoms with E-state index >= 15 is 0 Å². The zero-order valence-corrected chi connectivity index (χ0v) is 14.7. The molecule has 4 heteroatoms. The van der Waals surface area contributed by atoms with Crippen LogP contribution in [0.2, 0.25) is 0 Å². The standard InChI is InChI=1S/C23H18N2O2/c26-21-18-13-7-8-14-20(18)27-22(17-11-5-2-6-12-17)23(21)19(15-24-25-23)16-9-3-1-4-10-16/h1-14,19,22H,15H2/t19-,22?,23-/m1/s1. The summed E-state index contributed by atoms with van der Waals surface area (Å²) in [5.41, 5.74) is 1.48. The van der Waals surface area contributed by atoms with Gasteiger partial charge in [0.2, 0.25) is 5.78 Å². The molecule has 27 heavy (non-hydrogen) atoms. The molecule has 1 unspecified atom stereocenters. The topological polar surface area (TPSA) is 51.0 Å². The number of fused-ring (bicyclic) bond motifs is 1. The summed E-state index contributed by atoms with van der Waals surface area (Å²) in [6.45, 7) is 0.477. The van der Waals surface area contributed by atoms with Gasteiger partial charge in [0.05, 0.1) is 12.1 Å². The Hall–Kier alpha value is -3.27. The molecule has 0 saturated carbocycles. The van der Waals surface area contributed by atoms with Crippen LogP contribution in [-0.2, 0) is 0 Å². The van der Waals surface area contributed by atoms with Crippen LogP contribution in [-0.4, -0.2) is 17.9 Å². The van der Waals surface area contributed by atoms with E-state index in [0.29, 0.717) is 17.9 Å². The summed E-state index contributed by atoms with van der Waals surface area (Å²) in [6, 6.07) is 27.3. The van der Waals surface area contributed by atoms with Crippen LogP contribution in [0.5, 0.6) is 5.75 Å². The number of rotatable bonds is 2. The Kier molecular flexibility index (Phi) is 3.64. The van der Waals surface area contributed by atoms with Gasteiger partial charge in [0, 0.05) is 5.92 Å². The third-order valence-corrected chi connectivity index (χ3v) is 5.48. The molecule has 2 heterocycles. The van der Waals surface area contributed by atoms with E-state index in [0.717, 1.165) is 11.1 Å². The van der Waals surface area contributed by atoms with Gasteiger partial charge in [-0.3, -0.25) is 4.79 Å². The van der Waals surface area contributed by atoms with Gasteiger partial charge in [-0.05, 0) is 23.3 Å². The molecule has 0 fully saturated rings. The number of hydrogen-bond donors (Lipinski definition) is 0. The maximum Gasteiger partial charge on any atom is 0.200 e. The highest BCUT2D eigenvalue weighted by molar-refractivity contribution is 6.08. The van der Waals surface area contributed by atoms with Crippen LogP contribution in [0.3, 0.4) is 0 Å². The number of nitrogens with zero attached hydrogens (tertiary/aromatic N) is 2.